The minimum atomic E-state index is -0.851. The summed E-state index contributed by atoms with van der Waals surface area (Å²) in [5.41, 5.74) is -0.723. The monoisotopic (exact) mass is 364 g/mol. The van der Waals surface area contributed by atoms with Gasteiger partial charge < -0.3 is 9.47 Å². The van der Waals surface area contributed by atoms with Crippen molar-refractivity contribution < 1.29 is 19.1 Å². The minimum absolute atomic E-state index is 0.0148. The number of fused-ring (bicyclic) bond motifs is 1. The van der Waals surface area contributed by atoms with Crippen molar-refractivity contribution in [1.29, 1.82) is 0 Å². The van der Waals surface area contributed by atoms with Gasteiger partial charge in [0, 0.05) is 12.6 Å². The molecule has 4 rings (SSSR count). The fourth-order valence-electron chi connectivity index (χ4n) is 4.77. The van der Waals surface area contributed by atoms with Gasteiger partial charge in [0.05, 0.1) is 24.5 Å². The third kappa shape index (κ3) is 2.62. The summed E-state index contributed by atoms with van der Waals surface area (Å²) in [4.78, 5) is 34.4. The summed E-state index contributed by atoms with van der Waals surface area (Å²) in [5, 5.41) is 0.202. The van der Waals surface area contributed by atoms with Gasteiger partial charge in [0.15, 0.2) is 17.4 Å². The lowest BCUT2D eigenvalue weighted by Crippen LogP contribution is -2.60. The third-order valence-electron chi connectivity index (χ3n) is 5.89. The molecule has 7 heteroatoms. The maximum atomic E-state index is 13.5. The van der Waals surface area contributed by atoms with E-state index in [1.54, 1.807) is 0 Å². The Kier molecular flexibility index (Phi) is 4.38. The number of hydrogen-bond donors (Lipinski definition) is 0. The first-order chi connectivity index (χ1) is 12.1. The number of aromatic nitrogens is 2. The van der Waals surface area contributed by atoms with Crippen molar-refractivity contribution in [3.05, 3.63) is 23.2 Å². The van der Waals surface area contributed by atoms with Crippen LogP contribution >= 0.6 is 11.6 Å². The summed E-state index contributed by atoms with van der Waals surface area (Å²) in [6, 6.07) is 1.51. The van der Waals surface area contributed by atoms with Crippen LogP contribution in [0, 0.1) is 11.3 Å². The van der Waals surface area contributed by atoms with E-state index < -0.39 is 17.1 Å². The molecule has 2 spiro atoms. The lowest BCUT2D eigenvalue weighted by atomic mass is 9.57. The molecule has 1 aromatic heterocycles. The van der Waals surface area contributed by atoms with E-state index in [0.29, 0.717) is 38.9 Å². The smallest absolute Gasteiger partial charge is 0.210 e. The number of ether oxygens (including phenoxy) is 2. The normalized spacial score (nSPS) is 31.6. The Morgan fingerprint density at radius 2 is 1.88 bits per heavy atom. The molecule has 1 saturated heterocycles. The third-order valence-corrected chi connectivity index (χ3v) is 6.10. The molecule has 2 saturated carbocycles. The Morgan fingerprint density at radius 1 is 1.16 bits per heavy atom. The van der Waals surface area contributed by atoms with Gasteiger partial charge in [0.25, 0.3) is 0 Å². The second-order valence-electron chi connectivity index (χ2n) is 7.12. The first-order valence-corrected chi connectivity index (χ1v) is 9.31. The van der Waals surface area contributed by atoms with E-state index in [2.05, 4.69) is 9.97 Å². The predicted molar refractivity (Wildman–Crippen MR) is 89.3 cm³/mol. The SMILES string of the molecule is O=C(c1nccc(Cl)n1)C1CCC[C@@]2(CCCCC23OCCO3)C1=O. The maximum absolute atomic E-state index is 13.5. The highest BCUT2D eigenvalue weighted by Gasteiger charge is 2.63. The fraction of sp³-hybridized carbons (Fsp3) is 0.667. The lowest BCUT2D eigenvalue weighted by Gasteiger charge is -2.51. The van der Waals surface area contributed by atoms with Crippen LogP contribution < -0.4 is 0 Å². The van der Waals surface area contributed by atoms with Crippen molar-refractivity contribution in [2.45, 2.75) is 50.7 Å². The van der Waals surface area contributed by atoms with Gasteiger partial charge in [-0.25, -0.2) is 9.97 Å². The van der Waals surface area contributed by atoms with Crippen molar-refractivity contribution in [3.8, 4) is 0 Å². The quantitative estimate of drug-likeness (QED) is 0.456. The summed E-state index contributed by atoms with van der Waals surface area (Å²) in [6.45, 7) is 1.01. The standard InChI is InChI=1S/C18H21ClN2O4/c19-13-5-9-20-16(21-13)14(22)12-4-3-7-17(15(12)23)6-1-2-8-18(17)24-10-11-25-18/h5,9,12H,1-4,6-8,10-11H2/t12?,17-/m0/s1. The number of carbonyl (C=O) groups is 2. The molecule has 2 heterocycles. The highest BCUT2D eigenvalue weighted by molar-refractivity contribution is 6.29. The number of Topliss-reactive ketones (excluding diaryl/α,β-unsaturated/α-hetero) is 2. The summed E-state index contributed by atoms with van der Waals surface area (Å²) in [6.07, 6.45) is 6.82. The Balaban J connectivity index is 1.68. The van der Waals surface area contributed by atoms with Crippen molar-refractivity contribution in [2.75, 3.05) is 13.2 Å². The van der Waals surface area contributed by atoms with Crippen molar-refractivity contribution >= 4 is 23.2 Å². The van der Waals surface area contributed by atoms with E-state index in [4.69, 9.17) is 21.1 Å². The number of ketones is 2. The summed E-state index contributed by atoms with van der Waals surface area (Å²) < 4.78 is 12.0. The fourth-order valence-corrected chi connectivity index (χ4v) is 4.91. The number of halogens is 1. The van der Waals surface area contributed by atoms with E-state index in [1.165, 1.54) is 12.3 Å². The summed E-state index contributed by atoms with van der Waals surface area (Å²) in [5.74, 6) is -1.98. The topological polar surface area (TPSA) is 78.4 Å². The predicted octanol–water partition coefficient (Wildman–Crippen LogP) is 2.99. The number of rotatable bonds is 2. The van der Waals surface area contributed by atoms with Gasteiger partial charge in [-0.05, 0) is 31.7 Å². The van der Waals surface area contributed by atoms with E-state index in [9.17, 15) is 9.59 Å². The average Bonchev–Trinajstić information content (AvgIpc) is 3.09. The van der Waals surface area contributed by atoms with Gasteiger partial charge in [-0.1, -0.05) is 24.4 Å². The summed E-state index contributed by atoms with van der Waals surface area (Å²) in [7, 11) is 0. The molecule has 2 aliphatic carbocycles. The van der Waals surface area contributed by atoms with E-state index in [0.717, 1.165) is 19.3 Å². The van der Waals surface area contributed by atoms with Crippen molar-refractivity contribution in [2.24, 2.45) is 11.3 Å². The van der Waals surface area contributed by atoms with Crippen LogP contribution in [0.5, 0.6) is 0 Å². The van der Waals surface area contributed by atoms with Crippen LogP contribution in [0.4, 0.5) is 0 Å². The Morgan fingerprint density at radius 3 is 2.64 bits per heavy atom. The minimum Gasteiger partial charge on any atom is -0.346 e. The van der Waals surface area contributed by atoms with Crippen molar-refractivity contribution in [1.82, 2.24) is 9.97 Å². The van der Waals surface area contributed by atoms with Gasteiger partial charge in [-0.3, -0.25) is 9.59 Å². The molecule has 0 N–H and O–H groups in total. The van der Waals surface area contributed by atoms with Crippen LogP contribution in [0.3, 0.4) is 0 Å². The van der Waals surface area contributed by atoms with E-state index in [-0.39, 0.29) is 22.5 Å². The Labute approximate surface area is 151 Å². The molecule has 6 nitrogen and oxygen atoms in total. The van der Waals surface area contributed by atoms with Gasteiger partial charge >= 0.3 is 0 Å². The van der Waals surface area contributed by atoms with Gasteiger partial charge in [-0.15, -0.1) is 0 Å². The molecule has 25 heavy (non-hydrogen) atoms. The van der Waals surface area contributed by atoms with E-state index in [1.807, 2.05) is 0 Å². The molecule has 0 aromatic carbocycles. The maximum Gasteiger partial charge on any atom is 0.210 e. The zero-order chi connectivity index (χ0) is 17.5. The van der Waals surface area contributed by atoms with Crippen LogP contribution in [-0.2, 0) is 14.3 Å². The Bertz CT molecular complexity index is 700. The van der Waals surface area contributed by atoms with Crippen LogP contribution in [0.2, 0.25) is 5.15 Å². The number of nitrogens with zero attached hydrogens (tertiary/aromatic N) is 2. The molecule has 0 radical (unpaired) electrons. The van der Waals surface area contributed by atoms with Gasteiger partial charge in [-0.2, -0.15) is 0 Å². The molecule has 2 atom stereocenters. The average molecular weight is 365 g/mol. The molecule has 1 unspecified atom stereocenters. The molecule has 3 aliphatic rings. The van der Waals surface area contributed by atoms with Crippen LogP contribution in [0.25, 0.3) is 0 Å². The molecule has 3 fully saturated rings. The number of carbonyl (C=O) groups excluding carboxylic acids is 2. The first kappa shape index (κ1) is 17.1. The van der Waals surface area contributed by atoms with Crippen LogP contribution in [0.15, 0.2) is 12.3 Å². The molecule has 1 aromatic rings. The molecule has 134 valence electrons. The molecule has 0 amide bonds. The van der Waals surface area contributed by atoms with Gasteiger partial charge in [0.1, 0.15) is 5.15 Å². The summed E-state index contributed by atoms with van der Waals surface area (Å²) >= 11 is 5.88. The van der Waals surface area contributed by atoms with Crippen molar-refractivity contribution in [3.63, 3.8) is 0 Å². The zero-order valence-corrected chi connectivity index (χ0v) is 14.8. The first-order valence-electron chi connectivity index (χ1n) is 8.93. The number of hydrogen-bond acceptors (Lipinski definition) is 6. The highest BCUT2D eigenvalue weighted by Crippen LogP contribution is 2.56. The van der Waals surface area contributed by atoms with E-state index >= 15 is 0 Å². The zero-order valence-electron chi connectivity index (χ0n) is 14.0. The molecular weight excluding hydrogens is 344 g/mol. The second kappa shape index (κ2) is 6.41. The van der Waals surface area contributed by atoms with Crippen LogP contribution in [0.1, 0.15) is 55.6 Å². The molecular formula is C18H21ClN2O4. The Hall–Kier alpha value is -1.37. The second-order valence-corrected chi connectivity index (χ2v) is 7.50. The molecule has 0 bridgehead atoms. The van der Waals surface area contributed by atoms with Crippen LogP contribution in [-0.4, -0.2) is 40.5 Å². The largest absolute Gasteiger partial charge is 0.346 e. The van der Waals surface area contributed by atoms with Gasteiger partial charge in [0.2, 0.25) is 5.78 Å². The molecule has 1 aliphatic heterocycles. The highest BCUT2D eigenvalue weighted by atomic mass is 35.5. The lowest BCUT2D eigenvalue weighted by molar-refractivity contribution is -0.255.